The van der Waals surface area contributed by atoms with Crippen molar-refractivity contribution in [3.05, 3.63) is 129 Å². The number of thiophene rings is 2. The molecule has 0 saturated heterocycles. The van der Waals surface area contributed by atoms with E-state index in [2.05, 4.69) is 0 Å². The second kappa shape index (κ2) is 21.8. The van der Waals surface area contributed by atoms with Crippen molar-refractivity contribution in [2.75, 3.05) is 0 Å². The predicted octanol–water partition coefficient (Wildman–Crippen LogP) is 3.17. The SMILES string of the molecule is CC(=O)C=C([O-])c1ccccc1.CC(=O)C=C([O-])c1ccccc1.[O-]Cc1cccs1.[O-]Cc1cccs1.[Ti+4]. The zero-order chi connectivity index (χ0) is 28.2. The van der Waals surface area contributed by atoms with Crippen LogP contribution in [0.5, 0.6) is 0 Å². The van der Waals surface area contributed by atoms with E-state index in [4.69, 9.17) is 0 Å². The Bertz CT molecular complexity index is 1140. The van der Waals surface area contributed by atoms with Crippen LogP contribution in [0.25, 0.3) is 11.5 Å². The van der Waals surface area contributed by atoms with Gasteiger partial charge in [0.2, 0.25) is 0 Å². The summed E-state index contributed by atoms with van der Waals surface area (Å²) < 4.78 is 0. The van der Waals surface area contributed by atoms with Gasteiger partial charge in [0.05, 0.1) is 0 Å². The molecule has 0 fully saturated rings. The molecular formula is C30H28O6S2Ti. The average Bonchev–Trinajstić information content (AvgIpc) is 3.65. The van der Waals surface area contributed by atoms with Gasteiger partial charge in [-0.2, -0.15) is 22.7 Å². The Hall–Kier alpha value is -3.11. The molecule has 0 N–H and O–H groups in total. The Balaban J connectivity index is 0.000000504. The molecule has 0 saturated carbocycles. The number of carbonyl (C=O) groups is 2. The smallest absolute Gasteiger partial charge is 0.872 e. The minimum absolute atomic E-state index is 0. The maximum Gasteiger partial charge on any atom is 4.00 e. The number of hydrogen-bond donors (Lipinski definition) is 0. The van der Waals surface area contributed by atoms with E-state index >= 15 is 0 Å². The number of rotatable bonds is 6. The van der Waals surface area contributed by atoms with Crippen molar-refractivity contribution in [2.24, 2.45) is 0 Å². The number of ketones is 2. The molecule has 0 aliphatic carbocycles. The molecule has 4 rings (SSSR count). The molecule has 0 radical (unpaired) electrons. The fraction of sp³-hybridized carbons (Fsp3) is 0.133. The van der Waals surface area contributed by atoms with Gasteiger partial charge in [-0.3, -0.25) is 9.59 Å². The first-order chi connectivity index (χ1) is 18.3. The van der Waals surface area contributed by atoms with Gasteiger partial charge in [0.15, 0.2) is 11.6 Å². The van der Waals surface area contributed by atoms with Crippen molar-refractivity contribution in [3.8, 4) is 0 Å². The van der Waals surface area contributed by atoms with E-state index < -0.39 is 0 Å². The summed E-state index contributed by atoms with van der Waals surface area (Å²) in [6.45, 7) is 2.58. The number of allylic oxidation sites excluding steroid dienone is 2. The van der Waals surface area contributed by atoms with Gasteiger partial charge < -0.3 is 20.4 Å². The Morgan fingerprint density at radius 3 is 1.15 bits per heavy atom. The van der Waals surface area contributed by atoms with Gasteiger partial charge in [-0.05, 0) is 69.8 Å². The number of hydrogen-bond acceptors (Lipinski definition) is 8. The fourth-order valence-electron chi connectivity index (χ4n) is 2.53. The summed E-state index contributed by atoms with van der Waals surface area (Å²) >= 11 is 3.02. The minimum atomic E-state index is -0.233. The van der Waals surface area contributed by atoms with Gasteiger partial charge in [0.25, 0.3) is 0 Å². The summed E-state index contributed by atoms with van der Waals surface area (Å²) in [4.78, 5) is 22.9. The third-order valence-electron chi connectivity index (χ3n) is 4.23. The molecule has 0 atom stereocenters. The summed E-state index contributed by atoms with van der Waals surface area (Å²) in [5.74, 6) is -0.904. The quantitative estimate of drug-likeness (QED) is 0.191. The summed E-state index contributed by atoms with van der Waals surface area (Å²) in [7, 11) is 0. The molecule has 2 aromatic carbocycles. The standard InChI is InChI=1S/2C10H10O2.2C5H5OS.Ti/c2*1-8(11)7-10(12)9-5-3-2-4-6-9;2*6-4-5-2-1-3-7-5;/h2*2-7,12H,1H3;2*1-3H,4H2;/q;;2*-1;+4/p-2. The summed E-state index contributed by atoms with van der Waals surface area (Å²) in [6, 6.07) is 24.9. The molecule has 9 heteroatoms. The van der Waals surface area contributed by atoms with Crippen molar-refractivity contribution < 1.29 is 51.7 Å². The first-order valence-corrected chi connectivity index (χ1v) is 13.1. The van der Waals surface area contributed by atoms with Gasteiger partial charge in [-0.1, -0.05) is 84.3 Å². The molecule has 0 spiro atoms. The van der Waals surface area contributed by atoms with Crippen LogP contribution in [0, 0.1) is 0 Å². The Morgan fingerprint density at radius 2 is 0.949 bits per heavy atom. The summed E-state index contributed by atoms with van der Waals surface area (Å²) in [5, 5.41) is 46.2. The van der Waals surface area contributed by atoms with E-state index in [0.717, 1.165) is 21.9 Å². The van der Waals surface area contributed by atoms with E-state index in [1.54, 1.807) is 48.5 Å². The maximum atomic E-state index is 11.2. The largest absolute Gasteiger partial charge is 4.00 e. The molecule has 4 aromatic rings. The molecule has 0 aliphatic heterocycles. The molecule has 0 aliphatic rings. The summed E-state index contributed by atoms with van der Waals surface area (Å²) in [6.07, 6.45) is 2.19. The molecule has 0 bridgehead atoms. The van der Waals surface area contributed by atoms with E-state index in [0.29, 0.717) is 11.1 Å². The van der Waals surface area contributed by atoms with Gasteiger partial charge >= 0.3 is 21.7 Å². The molecule has 0 amide bonds. The van der Waals surface area contributed by atoms with Gasteiger partial charge in [-0.25, -0.2) is 0 Å². The first-order valence-electron chi connectivity index (χ1n) is 11.4. The average molecular weight is 597 g/mol. The zero-order valence-electron chi connectivity index (χ0n) is 21.6. The third kappa shape index (κ3) is 17.2. The monoisotopic (exact) mass is 596 g/mol. The van der Waals surface area contributed by atoms with Gasteiger partial charge in [-0.15, -0.1) is 13.2 Å². The third-order valence-corrected chi connectivity index (χ3v) is 5.93. The maximum absolute atomic E-state index is 11.2. The first kappa shape index (κ1) is 35.9. The van der Waals surface area contributed by atoms with Crippen LogP contribution in [0.15, 0.2) is 108 Å². The van der Waals surface area contributed by atoms with Crippen LogP contribution in [0.1, 0.15) is 34.7 Å². The second-order valence-electron chi connectivity index (χ2n) is 7.42. The van der Waals surface area contributed by atoms with Crippen LogP contribution in [0.4, 0.5) is 0 Å². The van der Waals surface area contributed by atoms with E-state index in [1.807, 2.05) is 47.2 Å². The van der Waals surface area contributed by atoms with Crippen LogP contribution in [0.3, 0.4) is 0 Å². The molecular weight excluding hydrogens is 568 g/mol. The van der Waals surface area contributed by atoms with Crippen LogP contribution in [0.2, 0.25) is 0 Å². The fourth-order valence-corrected chi connectivity index (χ4v) is 3.64. The van der Waals surface area contributed by atoms with Crippen LogP contribution < -0.4 is 20.4 Å². The molecule has 39 heavy (non-hydrogen) atoms. The minimum Gasteiger partial charge on any atom is -0.872 e. The van der Waals surface area contributed by atoms with Gasteiger partial charge in [0.1, 0.15) is 0 Å². The van der Waals surface area contributed by atoms with E-state index in [9.17, 15) is 30.0 Å². The topological polar surface area (TPSA) is 126 Å². The molecule has 2 heterocycles. The number of carbonyl (C=O) groups excluding carboxylic acids is 2. The molecule has 0 unspecified atom stereocenters. The zero-order valence-corrected chi connectivity index (χ0v) is 24.8. The van der Waals surface area contributed by atoms with E-state index in [-0.39, 0.29) is 58.0 Å². The van der Waals surface area contributed by atoms with Crippen molar-refractivity contribution in [2.45, 2.75) is 27.1 Å². The van der Waals surface area contributed by atoms with Crippen LogP contribution >= 0.6 is 22.7 Å². The van der Waals surface area contributed by atoms with Crippen LogP contribution in [-0.2, 0) is 44.5 Å². The Kier molecular flexibility index (Phi) is 20.1. The Labute approximate surface area is 252 Å². The molecule has 200 valence electrons. The second-order valence-corrected chi connectivity index (χ2v) is 9.48. The van der Waals surface area contributed by atoms with Crippen molar-refractivity contribution in [3.63, 3.8) is 0 Å². The normalized spacial score (nSPS) is 10.3. The van der Waals surface area contributed by atoms with Crippen molar-refractivity contribution in [1.29, 1.82) is 0 Å². The van der Waals surface area contributed by atoms with E-state index in [1.165, 1.54) is 36.5 Å². The number of benzene rings is 2. The van der Waals surface area contributed by atoms with Gasteiger partial charge in [0, 0.05) is 0 Å². The predicted molar refractivity (Wildman–Crippen MR) is 146 cm³/mol. The van der Waals surface area contributed by atoms with Crippen molar-refractivity contribution >= 4 is 45.8 Å². The summed E-state index contributed by atoms with van der Waals surface area (Å²) in [5.41, 5.74) is 1.10. The van der Waals surface area contributed by atoms with Crippen LogP contribution in [-0.4, -0.2) is 11.6 Å². The Morgan fingerprint density at radius 1 is 0.615 bits per heavy atom. The molecule has 2 aromatic heterocycles. The molecule has 6 nitrogen and oxygen atoms in total. The van der Waals surface area contributed by atoms with Crippen molar-refractivity contribution in [1.82, 2.24) is 0 Å².